The van der Waals surface area contributed by atoms with E-state index in [4.69, 9.17) is 44.3 Å². The highest BCUT2D eigenvalue weighted by Crippen LogP contribution is 2.31. The molecule has 0 unspecified atom stereocenters. The molecule has 2 rings (SSSR count). The minimum Gasteiger partial charge on any atom is -0.495 e. The molecule has 0 aliphatic heterocycles. The summed E-state index contributed by atoms with van der Waals surface area (Å²) in [7, 11) is 1.48. The zero-order valence-corrected chi connectivity index (χ0v) is 14.7. The highest BCUT2D eigenvalue weighted by atomic mass is 35.5. The number of hydrogen-bond donors (Lipinski definition) is 1. The van der Waals surface area contributed by atoms with Crippen LogP contribution in [0.15, 0.2) is 36.4 Å². The lowest BCUT2D eigenvalue weighted by molar-refractivity contribution is -0.119. The molecule has 126 valence electrons. The number of carbonyl (C=O) groups excluding carboxylic acids is 2. The van der Waals surface area contributed by atoms with Crippen LogP contribution in [0.2, 0.25) is 15.1 Å². The number of halogens is 3. The van der Waals surface area contributed by atoms with E-state index in [1.54, 1.807) is 24.3 Å². The van der Waals surface area contributed by atoms with Crippen LogP contribution in [0.1, 0.15) is 10.4 Å². The van der Waals surface area contributed by atoms with Crippen molar-refractivity contribution < 1.29 is 19.1 Å². The maximum absolute atomic E-state index is 12.1. The van der Waals surface area contributed by atoms with E-state index in [-0.39, 0.29) is 20.6 Å². The number of hydrogen-bond acceptors (Lipinski definition) is 4. The second-order valence-corrected chi connectivity index (χ2v) is 5.74. The predicted octanol–water partition coefficient (Wildman–Crippen LogP) is 4.45. The van der Waals surface area contributed by atoms with Crippen LogP contribution in [-0.2, 0) is 9.53 Å². The fourth-order valence-electron chi connectivity index (χ4n) is 1.85. The van der Waals surface area contributed by atoms with Crippen molar-refractivity contribution in [1.82, 2.24) is 0 Å². The van der Waals surface area contributed by atoms with Gasteiger partial charge in [0.25, 0.3) is 5.91 Å². The minimum absolute atomic E-state index is 0.0284. The van der Waals surface area contributed by atoms with E-state index in [0.29, 0.717) is 11.4 Å². The number of amides is 1. The fraction of sp³-hybridized carbons (Fsp3) is 0.125. The van der Waals surface area contributed by atoms with Gasteiger partial charge in [-0.3, -0.25) is 4.79 Å². The first kappa shape index (κ1) is 18.4. The highest BCUT2D eigenvalue weighted by Gasteiger charge is 2.20. The van der Waals surface area contributed by atoms with Crippen LogP contribution >= 0.6 is 34.8 Å². The summed E-state index contributed by atoms with van der Waals surface area (Å²) in [5.74, 6) is -0.900. The average molecular weight is 389 g/mol. The molecule has 5 nitrogen and oxygen atoms in total. The topological polar surface area (TPSA) is 64.6 Å². The van der Waals surface area contributed by atoms with Gasteiger partial charge in [-0.05, 0) is 24.3 Å². The molecule has 0 bridgehead atoms. The number of nitrogens with one attached hydrogen (secondary N) is 1. The van der Waals surface area contributed by atoms with Gasteiger partial charge in [0, 0.05) is 0 Å². The predicted molar refractivity (Wildman–Crippen MR) is 93.4 cm³/mol. The quantitative estimate of drug-likeness (QED) is 0.607. The fourth-order valence-corrected chi connectivity index (χ4v) is 2.53. The molecular weight excluding hydrogens is 377 g/mol. The number of carbonyl (C=O) groups is 2. The monoisotopic (exact) mass is 387 g/mol. The number of para-hydroxylation sites is 2. The molecule has 0 spiro atoms. The zero-order valence-electron chi connectivity index (χ0n) is 12.4. The van der Waals surface area contributed by atoms with Gasteiger partial charge in [-0.2, -0.15) is 0 Å². The number of benzene rings is 2. The molecule has 0 saturated carbocycles. The molecule has 0 aliphatic rings. The Labute approximate surface area is 153 Å². The summed E-state index contributed by atoms with van der Waals surface area (Å²) in [4.78, 5) is 24.0. The molecule has 1 N–H and O–H groups in total. The number of methoxy groups -OCH3 is 1. The van der Waals surface area contributed by atoms with E-state index in [2.05, 4.69) is 5.32 Å². The molecule has 2 aromatic rings. The van der Waals surface area contributed by atoms with Crippen molar-refractivity contribution in [2.75, 3.05) is 19.0 Å². The van der Waals surface area contributed by atoms with Gasteiger partial charge in [0.15, 0.2) is 6.61 Å². The Balaban J connectivity index is 2.02. The van der Waals surface area contributed by atoms with Crippen molar-refractivity contribution in [1.29, 1.82) is 0 Å². The number of rotatable bonds is 5. The van der Waals surface area contributed by atoms with Crippen LogP contribution < -0.4 is 10.1 Å². The third kappa shape index (κ3) is 4.32. The summed E-state index contributed by atoms with van der Waals surface area (Å²) in [6.07, 6.45) is 0. The normalized spacial score (nSPS) is 10.2. The Morgan fingerprint density at radius 3 is 2.42 bits per heavy atom. The van der Waals surface area contributed by atoms with Crippen molar-refractivity contribution in [3.63, 3.8) is 0 Å². The van der Waals surface area contributed by atoms with Crippen LogP contribution in [0.4, 0.5) is 5.69 Å². The Morgan fingerprint density at radius 2 is 1.71 bits per heavy atom. The Bertz CT molecular complexity index is 780. The summed E-state index contributed by atoms with van der Waals surface area (Å²) in [5.41, 5.74) is 0.371. The molecule has 0 fully saturated rings. The van der Waals surface area contributed by atoms with E-state index in [1.807, 2.05) is 0 Å². The van der Waals surface area contributed by atoms with Gasteiger partial charge in [0.05, 0.1) is 33.4 Å². The molecule has 0 heterocycles. The van der Waals surface area contributed by atoms with Gasteiger partial charge >= 0.3 is 5.97 Å². The minimum atomic E-state index is -0.845. The van der Waals surface area contributed by atoms with Crippen molar-refractivity contribution in [3.05, 3.63) is 57.0 Å². The van der Waals surface area contributed by atoms with Gasteiger partial charge in [0.2, 0.25) is 0 Å². The Morgan fingerprint density at radius 1 is 1.04 bits per heavy atom. The lowest BCUT2D eigenvalue weighted by Crippen LogP contribution is -2.21. The Kier molecular flexibility index (Phi) is 6.31. The van der Waals surface area contributed by atoms with Crippen LogP contribution in [0.5, 0.6) is 5.75 Å². The van der Waals surface area contributed by atoms with Gasteiger partial charge in [-0.25, -0.2) is 4.79 Å². The molecule has 0 saturated heterocycles. The lowest BCUT2D eigenvalue weighted by Gasteiger charge is -2.11. The molecule has 8 heteroatoms. The number of anilines is 1. The van der Waals surface area contributed by atoms with Gasteiger partial charge in [0.1, 0.15) is 5.75 Å². The van der Waals surface area contributed by atoms with Crippen molar-refractivity contribution >= 4 is 52.4 Å². The SMILES string of the molecule is COc1ccccc1NC(=O)COC(=O)c1c(Cl)ccc(Cl)c1Cl. The third-order valence-corrected chi connectivity index (χ3v) is 4.08. The molecular formula is C16H12Cl3NO4. The standard InChI is InChI=1S/C16H12Cl3NO4/c1-23-12-5-3-2-4-11(12)20-13(21)8-24-16(22)14-9(17)6-7-10(18)15(14)19/h2-7H,8H2,1H3,(H,20,21). The Hall–Kier alpha value is -1.95. The molecule has 2 aromatic carbocycles. The molecule has 1 amide bonds. The number of esters is 1. The molecule has 0 atom stereocenters. The van der Waals surface area contributed by atoms with Crippen molar-refractivity contribution in [3.8, 4) is 5.75 Å². The molecule has 0 radical (unpaired) electrons. The molecule has 0 aliphatic carbocycles. The maximum Gasteiger partial charge on any atom is 0.341 e. The van der Waals surface area contributed by atoms with Crippen LogP contribution in [0, 0.1) is 0 Å². The van der Waals surface area contributed by atoms with Crippen molar-refractivity contribution in [2.45, 2.75) is 0 Å². The van der Waals surface area contributed by atoms with Crippen LogP contribution in [0.25, 0.3) is 0 Å². The van der Waals surface area contributed by atoms with Gasteiger partial charge < -0.3 is 14.8 Å². The second kappa shape index (κ2) is 8.24. The first-order chi connectivity index (χ1) is 11.4. The number of ether oxygens (including phenoxy) is 2. The lowest BCUT2D eigenvalue weighted by atomic mass is 10.2. The van der Waals surface area contributed by atoms with E-state index in [9.17, 15) is 9.59 Å². The summed E-state index contributed by atoms with van der Waals surface area (Å²) in [5, 5.41) is 2.79. The first-order valence-electron chi connectivity index (χ1n) is 6.67. The van der Waals surface area contributed by atoms with E-state index in [0.717, 1.165) is 0 Å². The summed E-state index contributed by atoms with van der Waals surface area (Å²) >= 11 is 17.7. The second-order valence-electron chi connectivity index (χ2n) is 4.54. The summed E-state index contributed by atoms with van der Waals surface area (Å²) in [6, 6.07) is 9.71. The van der Waals surface area contributed by atoms with E-state index in [1.165, 1.54) is 19.2 Å². The summed E-state index contributed by atoms with van der Waals surface area (Å²) < 4.78 is 10.0. The summed E-state index contributed by atoms with van der Waals surface area (Å²) in [6.45, 7) is -0.518. The smallest absolute Gasteiger partial charge is 0.341 e. The first-order valence-corrected chi connectivity index (χ1v) is 7.81. The van der Waals surface area contributed by atoms with Crippen LogP contribution in [-0.4, -0.2) is 25.6 Å². The average Bonchev–Trinajstić information content (AvgIpc) is 2.57. The van der Waals surface area contributed by atoms with Gasteiger partial charge in [-0.15, -0.1) is 0 Å². The van der Waals surface area contributed by atoms with Crippen LogP contribution in [0.3, 0.4) is 0 Å². The van der Waals surface area contributed by atoms with E-state index < -0.39 is 18.5 Å². The largest absolute Gasteiger partial charge is 0.495 e. The molecule has 0 aromatic heterocycles. The molecule has 24 heavy (non-hydrogen) atoms. The maximum atomic E-state index is 12.1. The van der Waals surface area contributed by atoms with Crippen molar-refractivity contribution in [2.24, 2.45) is 0 Å². The zero-order chi connectivity index (χ0) is 17.7. The highest BCUT2D eigenvalue weighted by molar-refractivity contribution is 6.46. The van der Waals surface area contributed by atoms with Gasteiger partial charge in [-0.1, -0.05) is 46.9 Å². The van der Waals surface area contributed by atoms with E-state index >= 15 is 0 Å². The third-order valence-electron chi connectivity index (χ3n) is 2.96.